The molecule has 0 spiro atoms. The molecule has 2 N–H and O–H groups in total. The maximum Gasteiger partial charge on any atom is 0.225 e. The molecule has 2 rings (SSSR count). The third kappa shape index (κ3) is 2.07. The third-order valence-electron chi connectivity index (χ3n) is 2.59. The van der Waals surface area contributed by atoms with E-state index in [-0.39, 0.29) is 12.4 Å². The normalized spacial score (nSPS) is 30.3. The van der Waals surface area contributed by atoms with Gasteiger partial charge in [0.05, 0.1) is 26.0 Å². The van der Waals surface area contributed by atoms with Crippen LogP contribution in [0.3, 0.4) is 0 Å². The van der Waals surface area contributed by atoms with Crippen LogP contribution in [0.25, 0.3) is 0 Å². The van der Waals surface area contributed by atoms with E-state index < -0.39 is 5.79 Å². The lowest BCUT2D eigenvalue weighted by molar-refractivity contribution is -0.286. The minimum Gasteiger partial charge on any atom is -0.343 e. The van der Waals surface area contributed by atoms with Crippen LogP contribution in [0, 0.1) is 11.7 Å². The van der Waals surface area contributed by atoms with Crippen molar-refractivity contribution in [3.05, 3.63) is 29.8 Å². The Morgan fingerprint density at radius 3 is 2.69 bits per heavy atom. The van der Waals surface area contributed by atoms with Crippen LogP contribution in [0.4, 0.5) is 4.39 Å². The summed E-state index contributed by atoms with van der Waals surface area (Å²) < 4.78 is 24.0. The van der Waals surface area contributed by atoms with Crippen molar-refractivity contribution in [3.63, 3.8) is 0 Å². The van der Waals surface area contributed by atoms with Crippen molar-refractivity contribution in [2.45, 2.75) is 12.7 Å². The SMILES string of the molecule is CC1COC(CN)(c2ccc(F)cn2)OC1. The van der Waals surface area contributed by atoms with Crippen LogP contribution in [-0.2, 0) is 15.3 Å². The van der Waals surface area contributed by atoms with Crippen LogP contribution in [0.5, 0.6) is 0 Å². The molecule has 0 atom stereocenters. The highest BCUT2D eigenvalue weighted by Gasteiger charge is 2.38. The van der Waals surface area contributed by atoms with Crippen molar-refractivity contribution in [3.8, 4) is 0 Å². The summed E-state index contributed by atoms with van der Waals surface area (Å²) in [6.45, 7) is 3.32. The number of halogens is 1. The first-order valence-corrected chi connectivity index (χ1v) is 5.26. The highest BCUT2D eigenvalue weighted by atomic mass is 19.1. The lowest BCUT2D eigenvalue weighted by Crippen LogP contribution is -2.47. The van der Waals surface area contributed by atoms with Crippen LogP contribution in [0.1, 0.15) is 12.6 Å². The van der Waals surface area contributed by atoms with Gasteiger partial charge in [-0.1, -0.05) is 6.92 Å². The largest absolute Gasteiger partial charge is 0.343 e. The second kappa shape index (κ2) is 4.45. The Morgan fingerprint density at radius 2 is 2.19 bits per heavy atom. The summed E-state index contributed by atoms with van der Waals surface area (Å²) in [4.78, 5) is 3.96. The molecule has 1 aromatic rings. The van der Waals surface area contributed by atoms with E-state index >= 15 is 0 Å². The summed E-state index contributed by atoms with van der Waals surface area (Å²) in [7, 11) is 0. The number of pyridine rings is 1. The summed E-state index contributed by atoms with van der Waals surface area (Å²) in [5.41, 5.74) is 6.19. The Hall–Kier alpha value is -1.04. The van der Waals surface area contributed by atoms with Crippen molar-refractivity contribution >= 4 is 0 Å². The van der Waals surface area contributed by atoms with Crippen LogP contribution in [-0.4, -0.2) is 24.7 Å². The first-order chi connectivity index (χ1) is 7.66. The molecule has 0 aliphatic carbocycles. The summed E-state index contributed by atoms with van der Waals surface area (Å²) in [5.74, 6) is -1.07. The average Bonchev–Trinajstić information content (AvgIpc) is 2.32. The van der Waals surface area contributed by atoms with Gasteiger partial charge < -0.3 is 15.2 Å². The number of hydrogen-bond donors (Lipinski definition) is 1. The molecule has 4 nitrogen and oxygen atoms in total. The lowest BCUT2D eigenvalue weighted by atomic mass is 10.1. The summed E-state index contributed by atoms with van der Waals surface area (Å²) >= 11 is 0. The average molecular weight is 226 g/mol. The molecule has 16 heavy (non-hydrogen) atoms. The van der Waals surface area contributed by atoms with Gasteiger partial charge in [0, 0.05) is 5.92 Å². The van der Waals surface area contributed by atoms with Crippen LogP contribution >= 0.6 is 0 Å². The number of nitrogens with zero attached hydrogens (tertiary/aromatic N) is 1. The van der Waals surface area contributed by atoms with Gasteiger partial charge >= 0.3 is 0 Å². The van der Waals surface area contributed by atoms with Gasteiger partial charge in [0.2, 0.25) is 5.79 Å². The van der Waals surface area contributed by atoms with E-state index in [1.807, 2.05) is 6.92 Å². The molecule has 1 saturated heterocycles. The molecule has 0 saturated carbocycles. The molecule has 1 fully saturated rings. The zero-order valence-electron chi connectivity index (χ0n) is 9.15. The number of nitrogens with two attached hydrogens (primary N) is 1. The fourth-order valence-electron chi connectivity index (χ4n) is 1.61. The number of ether oxygens (including phenoxy) is 2. The molecule has 0 aromatic carbocycles. The summed E-state index contributed by atoms with van der Waals surface area (Å²) in [6, 6.07) is 2.86. The molecule has 0 unspecified atom stereocenters. The zero-order chi connectivity index (χ0) is 11.6. The van der Waals surface area contributed by atoms with Crippen molar-refractivity contribution in [1.82, 2.24) is 4.98 Å². The second-order valence-electron chi connectivity index (χ2n) is 4.05. The quantitative estimate of drug-likeness (QED) is 0.817. The van der Waals surface area contributed by atoms with Gasteiger partial charge in [-0.2, -0.15) is 0 Å². The number of rotatable bonds is 2. The molecular formula is C11H15FN2O2. The molecule has 1 aliphatic rings. The Bertz CT molecular complexity index is 348. The Morgan fingerprint density at radius 1 is 1.50 bits per heavy atom. The van der Waals surface area contributed by atoms with Gasteiger partial charge in [0.25, 0.3) is 0 Å². The smallest absolute Gasteiger partial charge is 0.225 e. The van der Waals surface area contributed by atoms with Gasteiger partial charge in [0.1, 0.15) is 11.5 Å². The topological polar surface area (TPSA) is 57.4 Å². The minimum atomic E-state index is -1.01. The fraction of sp³-hybridized carbons (Fsp3) is 0.545. The molecule has 1 aromatic heterocycles. The molecule has 1 aliphatic heterocycles. The molecule has 2 heterocycles. The summed E-state index contributed by atoms with van der Waals surface area (Å²) in [6.07, 6.45) is 1.14. The first kappa shape index (κ1) is 11.4. The molecule has 0 radical (unpaired) electrons. The van der Waals surface area contributed by atoms with Gasteiger partial charge in [-0.05, 0) is 12.1 Å². The third-order valence-corrected chi connectivity index (χ3v) is 2.59. The Labute approximate surface area is 93.6 Å². The van der Waals surface area contributed by atoms with E-state index in [4.69, 9.17) is 15.2 Å². The van der Waals surface area contributed by atoms with E-state index in [9.17, 15) is 4.39 Å². The van der Waals surface area contributed by atoms with Gasteiger partial charge in [-0.3, -0.25) is 4.98 Å². The second-order valence-corrected chi connectivity index (χ2v) is 4.05. The number of hydrogen-bond acceptors (Lipinski definition) is 4. The van der Waals surface area contributed by atoms with Crippen LogP contribution < -0.4 is 5.73 Å². The van der Waals surface area contributed by atoms with Crippen LogP contribution in [0.2, 0.25) is 0 Å². The molecule has 0 bridgehead atoms. The van der Waals surface area contributed by atoms with Crippen molar-refractivity contribution in [2.75, 3.05) is 19.8 Å². The maximum absolute atomic E-state index is 12.8. The number of aromatic nitrogens is 1. The van der Waals surface area contributed by atoms with Crippen molar-refractivity contribution < 1.29 is 13.9 Å². The summed E-state index contributed by atoms with van der Waals surface area (Å²) in [5, 5.41) is 0. The molecular weight excluding hydrogens is 211 g/mol. The highest BCUT2D eigenvalue weighted by Crippen LogP contribution is 2.29. The van der Waals surface area contributed by atoms with Crippen LogP contribution in [0.15, 0.2) is 18.3 Å². The Balaban J connectivity index is 2.24. The highest BCUT2D eigenvalue weighted by molar-refractivity contribution is 5.12. The minimum absolute atomic E-state index is 0.165. The van der Waals surface area contributed by atoms with Crippen molar-refractivity contribution in [2.24, 2.45) is 11.7 Å². The van der Waals surface area contributed by atoms with E-state index in [1.54, 1.807) is 0 Å². The standard InChI is InChI=1S/C11H15FN2O2/c1-8-5-15-11(7-13,16-6-8)10-3-2-9(12)4-14-10/h2-4,8H,5-7,13H2,1H3. The van der Waals surface area contributed by atoms with Gasteiger partial charge in [-0.25, -0.2) is 4.39 Å². The fourth-order valence-corrected chi connectivity index (χ4v) is 1.61. The van der Waals surface area contributed by atoms with E-state index in [0.717, 1.165) is 6.20 Å². The Kier molecular flexibility index (Phi) is 3.18. The monoisotopic (exact) mass is 226 g/mol. The predicted molar refractivity (Wildman–Crippen MR) is 56.0 cm³/mol. The van der Waals surface area contributed by atoms with E-state index in [0.29, 0.717) is 24.8 Å². The van der Waals surface area contributed by atoms with E-state index in [2.05, 4.69) is 4.98 Å². The molecule has 88 valence electrons. The molecule has 5 heteroatoms. The first-order valence-electron chi connectivity index (χ1n) is 5.26. The lowest BCUT2D eigenvalue weighted by Gasteiger charge is -2.37. The van der Waals surface area contributed by atoms with Gasteiger partial charge in [-0.15, -0.1) is 0 Å². The molecule has 0 amide bonds. The predicted octanol–water partition coefficient (Wildman–Crippen LogP) is 1.02. The maximum atomic E-state index is 12.8. The van der Waals surface area contributed by atoms with Crippen molar-refractivity contribution in [1.29, 1.82) is 0 Å². The van der Waals surface area contributed by atoms with Gasteiger partial charge in [0.15, 0.2) is 0 Å². The van der Waals surface area contributed by atoms with E-state index in [1.165, 1.54) is 12.1 Å². The zero-order valence-corrected chi connectivity index (χ0v) is 9.15.